The molecule has 0 saturated carbocycles. The zero-order valence-electron chi connectivity index (χ0n) is 10.0. The van der Waals surface area contributed by atoms with Crippen LogP contribution in [-0.4, -0.2) is 27.0 Å². The van der Waals surface area contributed by atoms with Crippen LogP contribution in [0.4, 0.5) is 0 Å². The van der Waals surface area contributed by atoms with E-state index in [2.05, 4.69) is 41.0 Å². The van der Waals surface area contributed by atoms with Crippen LogP contribution < -0.4 is 5.32 Å². The minimum atomic E-state index is 0.157. The van der Waals surface area contributed by atoms with Gasteiger partial charge in [-0.1, -0.05) is 0 Å². The second-order valence-electron chi connectivity index (χ2n) is 4.98. The first kappa shape index (κ1) is 11.1. The fourth-order valence-corrected chi connectivity index (χ4v) is 1.57. The summed E-state index contributed by atoms with van der Waals surface area (Å²) in [5, 5.41) is 3.43. The molecule has 0 aliphatic carbocycles. The summed E-state index contributed by atoms with van der Waals surface area (Å²) in [5.74, 6) is 0.991. The highest BCUT2D eigenvalue weighted by molar-refractivity contribution is 5.69. The summed E-state index contributed by atoms with van der Waals surface area (Å²) in [4.78, 5) is 11.9. The van der Waals surface area contributed by atoms with Crippen LogP contribution in [0.25, 0.3) is 11.2 Å². The lowest BCUT2D eigenvalue weighted by molar-refractivity contribution is 0.428. The van der Waals surface area contributed by atoms with Crippen molar-refractivity contribution < 1.29 is 0 Å². The number of aromatic amines is 1. The van der Waals surface area contributed by atoms with E-state index in [1.54, 1.807) is 6.20 Å². The number of fused-ring (bicyclic) bond motifs is 1. The smallest absolute Gasteiger partial charge is 0.177 e. The van der Waals surface area contributed by atoms with Crippen LogP contribution in [0.15, 0.2) is 18.3 Å². The van der Waals surface area contributed by atoms with E-state index < -0.39 is 0 Å². The molecule has 0 saturated heterocycles. The van der Waals surface area contributed by atoms with Gasteiger partial charge in [-0.3, -0.25) is 0 Å². The first-order valence-corrected chi connectivity index (χ1v) is 5.59. The van der Waals surface area contributed by atoms with Crippen molar-refractivity contribution in [1.29, 1.82) is 0 Å². The average Bonchev–Trinajstić information content (AvgIpc) is 2.57. The summed E-state index contributed by atoms with van der Waals surface area (Å²) >= 11 is 0. The van der Waals surface area contributed by atoms with E-state index in [0.717, 1.165) is 30.0 Å². The molecule has 0 aromatic carbocycles. The van der Waals surface area contributed by atoms with E-state index in [0.29, 0.717) is 0 Å². The molecule has 2 rings (SSSR count). The third kappa shape index (κ3) is 2.79. The van der Waals surface area contributed by atoms with Crippen LogP contribution in [0.2, 0.25) is 0 Å². The predicted octanol–water partition coefficient (Wildman–Crippen LogP) is 1.89. The third-order valence-electron chi connectivity index (χ3n) is 2.32. The Morgan fingerprint density at radius 2 is 2.19 bits per heavy atom. The van der Waals surface area contributed by atoms with Crippen LogP contribution in [0, 0.1) is 0 Å². The number of hydrogen-bond donors (Lipinski definition) is 2. The van der Waals surface area contributed by atoms with Crippen molar-refractivity contribution in [3.8, 4) is 0 Å². The van der Waals surface area contributed by atoms with Crippen molar-refractivity contribution in [1.82, 2.24) is 20.3 Å². The Labute approximate surface area is 95.5 Å². The van der Waals surface area contributed by atoms with Crippen LogP contribution in [0.1, 0.15) is 26.6 Å². The number of nitrogens with one attached hydrogen (secondary N) is 2. The van der Waals surface area contributed by atoms with Gasteiger partial charge in [0.05, 0.1) is 5.52 Å². The molecule has 2 aromatic rings. The molecule has 0 fully saturated rings. The zero-order chi connectivity index (χ0) is 11.6. The summed E-state index contributed by atoms with van der Waals surface area (Å²) in [5.41, 5.74) is 1.96. The maximum atomic E-state index is 4.43. The Morgan fingerprint density at radius 1 is 1.38 bits per heavy atom. The Morgan fingerprint density at radius 3 is 2.88 bits per heavy atom. The molecular weight excluding hydrogens is 200 g/mol. The minimum absolute atomic E-state index is 0.157. The highest BCUT2D eigenvalue weighted by atomic mass is 15.0. The molecule has 0 spiro atoms. The SMILES string of the molecule is CC(C)(C)NCCc1nc2ncccc2[nH]1. The first-order valence-electron chi connectivity index (χ1n) is 5.59. The predicted molar refractivity (Wildman–Crippen MR) is 65.3 cm³/mol. The van der Waals surface area contributed by atoms with Gasteiger partial charge in [-0.15, -0.1) is 0 Å². The Balaban J connectivity index is 2.00. The number of pyridine rings is 1. The van der Waals surface area contributed by atoms with E-state index in [1.165, 1.54) is 0 Å². The highest BCUT2D eigenvalue weighted by Gasteiger charge is 2.09. The molecule has 0 atom stereocenters. The van der Waals surface area contributed by atoms with Gasteiger partial charge in [0, 0.05) is 24.7 Å². The van der Waals surface area contributed by atoms with Gasteiger partial charge in [0.1, 0.15) is 5.82 Å². The standard InChI is InChI=1S/C12H18N4/c1-12(2,3)14-8-6-10-15-9-5-4-7-13-11(9)16-10/h4-5,7,14H,6,8H2,1-3H3,(H,13,15,16). The fourth-order valence-electron chi connectivity index (χ4n) is 1.57. The molecular formula is C12H18N4. The summed E-state index contributed by atoms with van der Waals surface area (Å²) in [7, 11) is 0. The number of rotatable bonds is 3. The van der Waals surface area contributed by atoms with Crippen molar-refractivity contribution >= 4 is 11.2 Å². The molecule has 2 aromatic heterocycles. The van der Waals surface area contributed by atoms with Crippen LogP contribution in [-0.2, 0) is 6.42 Å². The number of aromatic nitrogens is 3. The molecule has 86 valence electrons. The molecule has 2 N–H and O–H groups in total. The molecule has 4 nitrogen and oxygen atoms in total. The van der Waals surface area contributed by atoms with Gasteiger partial charge in [0.15, 0.2) is 5.65 Å². The van der Waals surface area contributed by atoms with Gasteiger partial charge in [-0.2, -0.15) is 0 Å². The molecule has 4 heteroatoms. The van der Waals surface area contributed by atoms with E-state index in [1.807, 2.05) is 12.1 Å². The van der Waals surface area contributed by atoms with Crippen LogP contribution in [0.5, 0.6) is 0 Å². The number of imidazole rings is 1. The molecule has 0 bridgehead atoms. The van der Waals surface area contributed by atoms with E-state index >= 15 is 0 Å². The summed E-state index contributed by atoms with van der Waals surface area (Å²) < 4.78 is 0. The normalized spacial score (nSPS) is 12.2. The van der Waals surface area contributed by atoms with E-state index in [4.69, 9.17) is 0 Å². The summed E-state index contributed by atoms with van der Waals surface area (Å²) in [6, 6.07) is 3.91. The van der Waals surface area contributed by atoms with Gasteiger partial charge in [0.2, 0.25) is 0 Å². The molecule has 2 heterocycles. The Bertz CT molecular complexity index is 434. The summed E-state index contributed by atoms with van der Waals surface area (Å²) in [6.07, 6.45) is 2.66. The van der Waals surface area contributed by atoms with Gasteiger partial charge >= 0.3 is 0 Å². The molecule has 0 radical (unpaired) electrons. The lowest BCUT2D eigenvalue weighted by atomic mass is 10.1. The lowest BCUT2D eigenvalue weighted by Gasteiger charge is -2.19. The van der Waals surface area contributed by atoms with E-state index in [-0.39, 0.29) is 5.54 Å². The number of H-pyrrole nitrogens is 1. The quantitative estimate of drug-likeness (QED) is 0.827. The monoisotopic (exact) mass is 218 g/mol. The van der Waals surface area contributed by atoms with Gasteiger partial charge < -0.3 is 10.3 Å². The molecule has 0 aliphatic heterocycles. The van der Waals surface area contributed by atoms with Crippen LogP contribution in [0.3, 0.4) is 0 Å². The fraction of sp³-hybridized carbons (Fsp3) is 0.500. The number of hydrogen-bond acceptors (Lipinski definition) is 3. The second kappa shape index (κ2) is 4.22. The van der Waals surface area contributed by atoms with Crippen molar-refractivity contribution in [2.75, 3.05) is 6.54 Å². The van der Waals surface area contributed by atoms with E-state index in [9.17, 15) is 0 Å². The minimum Gasteiger partial charge on any atom is -0.341 e. The van der Waals surface area contributed by atoms with Crippen molar-refractivity contribution in [3.05, 3.63) is 24.2 Å². The van der Waals surface area contributed by atoms with Gasteiger partial charge in [-0.05, 0) is 32.9 Å². The maximum Gasteiger partial charge on any atom is 0.177 e. The molecule has 0 amide bonds. The molecule has 0 unspecified atom stereocenters. The lowest BCUT2D eigenvalue weighted by Crippen LogP contribution is -2.37. The van der Waals surface area contributed by atoms with Crippen molar-refractivity contribution in [3.63, 3.8) is 0 Å². The third-order valence-corrected chi connectivity index (χ3v) is 2.32. The average molecular weight is 218 g/mol. The van der Waals surface area contributed by atoms with Crippen molar-refractivity contribution in [2.24, 2.45) is 0 Å². The topological polar surface area (TPSA) is 53.6 Å². The molecule has 0 aliphatic rings. The first-order chi connectivity index (χ1) is 7.54. The molecule has 16 heavy (non-hydrogen) atoms. The second-order valence-corrected chi connectivity index (χ2v) is 4.98. The number of nitrogens with zero attached hydrogens (tertiary/aromatic N) is 2. The summed E-state index contributed by atoms with van der Waals surface area (Å²) in [6.45, 7) is 7.40. The Hall–Kier alpha value is -1.42. The highest BCUT2D eigenvalue weighted by Crippen LogP contribution is 2.07. The van der Waals surface area contributed by atoms with Gasteiger partial charge in [0.25, 0.3) is 0 Å². The van der Waals surface area contributed by atoms with Gasteiger partial charge in [-0.25, -0.2) is 9.97 Å². The maximum absolute atomic E-state index is 4.43. The Kier molecular flexibility index (Phi) is 2.92. The largest absolute Gasteiger partial charge is 0.341 e. The van der Waals surface area contributed by atoms with Crippen molar-refractivity contribution in [2.45, 2.75) is 32.7 Å². The zero-order valence-corrected chi connectivity index (χ0v) is 10.0. The van der Waals surface area contributed by atoms with Crippen LogP contribution >= 0.6 is 0 Å².